The molecule has 2 aliphatic carbocycles. The topological polar surface area (TPSA) is 151 Å². The number of nitrogens with one attached hydrogen (secondary N) is 4. The Morgan fingerprint density at radius 3 is 2.73 bits per heavy atom. The van der Waals surface area contributed by atoms with Crippen molar-refractivity contribution in [3.63, 3.8) is 0 Å². The molecule has 0 aromatic carbocycles. The molecule has 2 aromatic heterocycles. The second-order valence-corrected chi connectivity index (χ2v) is 9.23. The number of anilines is 3. The molecule has 2 aliphatic rings. The van der Waals surface area contributed by atoms with E-state index in [1.807, 2.05) is 0 Å². The Morgan fingerprint density at radius 1 is 1.36 bits per heavy atom. The standard InChI is InChI=1S/C21H26N6O5S/c1-11(5-7-22)23-19-26-27-20(33-19)25-17(28)15-8-13(16(31-3)18(29)32-15)24-14-9-21(10-30-2)6-4-12(14)21/h5,7-8,12,14,22,24H,4,6,9-10H2,1-3H3,(H,23,26)(H,25,27,28)/b11-5-,22-7?. The Kier molecular flexibility index (Phi) is 6.47. The van der Waals surface area contributed by atoms with Gasteiger partial charge >= 0.3 is 5.63 Å². The van der Waals surface area contributed by atoms with E-state index in [1.54, 1.807) is 20.1 Å². The van der Waals surface area contributed by atoms with Crippen molar-refractivity contribution in [2.24, 2.45) is 11.3 Å². The molecule has 3 atom stereocenters. The molecule has 1 amide bonds. The average Bonchev–Trinajstić information content (AvgIpc) is 3.19. The second-order valence-electron chi connectivity index (χ2n) is 8.25. The highest BCUT2D eigenvalue weighted by atomic mass is 32.1. The molecule has 176 valence electrons. The number of hydrogen-bond donors (Lipinski definition) is 4. The third-order valence-electron chi connectivity index (χ3n) is 6.24. The van der Waals surface area contributed by atoms with E-state index >= 15 is 0 Å². The van der Waals surface area contributed by atoms with Crippen molar-refractivity contribution in [3.8, 4) is 5.75 Å². The lowest BCUT2D eigenvalue weighted by molar-refractivity contribution is -0.130. The van der Waals surface area contributed by atoms with E-state index < -0.39 is 11.5 Å². The summed E-state index contributed by atoms with van der Waals surface area (Å²) in [5.74, 6) is -0.294. The number of methoxy groups -OCH3 is 2. The van der Waals surface area contributed by atoms with Crippen LogP contribution < -0.4 is 26.3 Å². The summed E-state index contributed by atoms with van der Waals surface area (Å²) >= 11 is 1.11. The molecule has 3 unspecified atom stereocenters. The van der Waals surface area contributed by atoms with E-state index in [0.29, 0.717) is 22.4 Å². The molecule has 0 spiro atoms. The van der Waals surface area contributed by atoms with Crippen molar-refractivity contribution in [2.75, 3.05) is 36.8 Å². The molecule has 2 fully saturated rings. The number of fused-ring (bicyclic) bond motifs is 1. The minimum absolute atomic E-state index is 0.0333. The zero-order chi connectivity index (χ0) is 23.6. The lowest BCUT2D eigenvalue weighted by Gasteiger charge is -2.63. The lowest BCUT2D eigenvalue weighted by atomic mass is 9.45. The summed E-state index contributed by atoms with van der Waals surface area (Å²) in [6.07, 6.45) is 5.88. The van der Waals surface area contributed by atoms with Crippen LogP contribution in [-0.4, -0.2) is 49.2 Å². The molecule has 0 radical (unpaired) electrons. The highest BCUT2D eigenvalue weighted by molar-refractivity contribution is 7.19. The molecule has 11 nitrogen and oxygen atoms in total. The highest BCUT2D eigenvalue weighted by Crippen LogP contribution is 2.61. The largest absolute Gasteiger partial charge is 0.488 e. The number of amides is 1. The van der Waals surface area contributed by atoms with Crippen LogP contribution in [0.15, 0.2) is 27.1 Å². The fourth-order valence-corrected chi connectivity index (χ4v) is 5.31. The van der Waals surface area contributed by atoms with Gasteiger partial charge in [-0.1, -0.05) is 11.3 Å². The van der Waals surface area contributed by atoms with Crippen LogP contribution in [0.5, 0.6) is 5.75 Å². The van der Waals surface area contributed by atoms with Gasteiger partial charge in [0.2, 0.25) is 16.0 Å². The van der Waals surface area contributed by atoms with E-state index in [4.69, 9.17) is 19.3 Å². The summed E-state index contributed by atoms with van der Waals surface area (Å²) in [5, 5.41) is 24.5. The number of ether oxygens (including phenoxy) is 2. The van der Waals surface area contributed by atoms with Gasteiger partial charge in [-0.3, -0.25) is 10.1 Å². The number of aromatic nitrogens is 2. The van der Waals surface area contributed by atoms with Gasteiger partial charge in [-0.2, -0.15) is 0 Å². The number of rotatable bonds is 10. The predicted octanol–water partition coefficient (Wildman–Crippen LogP) is 2.94. The first-order chi connectivity index (χ1) is 15.9. The Morgan fingerprint density at radius 2 is 2.12 bits per heavy atom. The first-order valence-corrected chi connectivity index (χ1v) is 11.3. The monoisotopic (exact) mass is 474 g/mol. The number of allylic oxidation sites excluding steroid dienone is 2. The van der Waals surface area contributed by atoms with Crippen molar-refractivity contribution in [3.05, 3.63) is 34.0 Å². The first kappa shape index (κ1) is 22.9. The Hall–Kier alpha value is -3.25. The van der Waals surface area contributed by atoms with Gasteiger partial charge in [-0.05, 0) is 38.2 Å². The molecule has 33 heavy (non-hydrogen) atoms. The number of nitrogens with zero attached hydrogens (tertiary/aromatic N) is 2. The van der Waals surface area contributed by atoms with Crippen molar-refractivity contribution in [2.45, 2.75) is 32.2 Å². The van der Waals surface area contributed by atoms with Gasteiger partial charge in [0.25, 0.3) is 5.91 Å². The molecule has 2 saturated carbocycles. The van der Waals surface area contributed by atoms with Crippen LogP contribution in [0.2, 0.25) is 0 Å². The average molecular weight is 475 g/mol. The van der Waals surface area contributed by atoms with Gasteiger partial charge in [0.1, 0.15) is 0 Å². The zero-order valence-electron chi connectivity index (χ0n) is 18.6. The van der Waals surface area contributed by atoms with Gasteiger partial charge in [0.15, 0.2) is 5.76 Å². The SMILES string of the molecule is COCC12CCC1C(Nc1cc(C(=O)Nc3nnc(N/C(C)=C\C=N)s3)oc(=O)c1OC)C2. The van der Waals surface area contributed by atoms with Crippen LogP contribution >= 0.6 is 11.3 Å². The Bertz CT molecular complexity index is 1140. The van der Waals surface area contributed by atoms with Crippen molar-refractivity contribution < 1.29 is 18.7 Å². The third kappa shape index (κ3) is 4.48. The fourth-order valence-electron chi connectivity index (χ4n) is 4.61. The maximum atomic E-state index is 12.7. The van der Waals surface area contributed by atoms with Gasteiger partial charge in [0.05, 0.1) is 19.4 Å². The predicted molar refractivity (Wildman–Crippen MR) is 125 cm³/mol. The smallest absolute Gasteiger partial charge is 0.381 e. The maximum Gasteiger partial charge on any atom is 0.381 e. The molecule has 2 heterocycles. The van der Waals surface area contributed by atoms with Crippen LogP contribution in [0.4, 0.5) is 16.0 Å². The van der Waals surface area contributed by atoms with E-state index in [1.165, 1.54) is 13.2 Å². The zero-order valence-corrected chi connectivity index (χ0v) is 19.4. The van der Waals surface area contributed by atoms with E-state index in [9.17, 15) is 9.59 Å². The van der Waals surface area contributed by atoms with Crippen molar-refractivity contribution >= 4 is 39.4 Å². The molecule has 0 aliphatic heterocycles. The van der Waals surface area contributed by atoms with Crippen molar-refractivity contribution in [1.82, 2.24) is 10.2 Å². The number of carbonyl (C=O) groups is 1. The quantitative estimate of drug-likeness (QED) is 0.381. The minimum atomic E-state index is -0.740. The second kappa shape index (κ2) is 9.32. The molecule has 2 aromatic rings. The van der Waals surface area contributed by atoms with Gasteiger partial charge in [0, 0.05) is 36.5 Å². The Labute approximate surface area is 194 Å². The molecule has 0 bridgehead atoms. The maximum absolute atomic E-state index is 12.7. The van der Waals surface area contributed by atoms with Gasteiger partial charge in [-0.25, -0.2) is 4.79 Å². The summed E-state index contributed by atoms with van der Waals surface area (Å²) in [7, 11) is 3.10. The summed E-state index contributed by atoms with van der Waals surface area (Å²) in [6.45, 7) is 2.50. The van der Waals surface area contributed by atoms with E-state index in [2.05, 4.69) is 26.1 Å². The van der Waals surface area contributed by atoms with Crippen LogP contribution in [-0.2, 0) is 4.74 Å². The molecule has 12 heteroatoms. The van der Waals surface area contributed by atoms with Crippen molar-refractivity contribution in [1.29, 1.82) is 5.41 Å². The van der Waals surface area contributed by atoms with Gasteiger partial charge < -0.3 is 29.9 Å². The highest BCUT2D eigenvalue weighted by Gasteiger charge is 2.59. The minimum Gasteiger partial charge on any atom is -0.488 e. The number of carbonyl (C=O) groups excluding carboxylic acids is 1. The van der Waals surface area contributed by atoms with Crippen LogP contribution in [0.1, 0.15) is 36.7 Å². The molecule has 4 N–H and O–H groups in total. The van der Waals surface area contributed by atoms with Crippen LogP contribution in [0, 0.1) is 16.7 Å². The Balaban J connectivity index is 1.47. The lowest BCUT2D eigenvalue weighted by Crippen LogP contribution is -2.63. The normalized spacial score (nSPS) is 23.5. The summed E-state index contributed by atoms with van der Waals surface area (Å²) in [4.78, 5) is 25.2. The molecule has 4 rings (SSSR count). The molecule has 0 saturated heterocycles. The molecular weight excluding hydrogens is 448 g/mol. The summed E-state index contributed by atoms with van der Waals surface area (Å²) in [6, 6.07) is 1.65. The third-order valence-corrected chi connectivity index (χ3v) is 7.00. The number of hydrogen-bond acceptors (Lipinski definition) is 11. The van der Waals surface area contributed by atoms with E-state index in [0.717, 1.165) is 43.4 Å². The molecular formula is C21H26N6O5S. The van der Waals surface area contributed by atoms with Gasteiger partial charge in [-0.15, -0.1) is 10.2 Å². The summed E-state index contributed by atoms with van der Waals surface area (Å²) < 4.78 is 15.8. The van der Waals surface area contributed by atoms with Crippen LogP contribution in [0.3, 0.4) is 0 Å². The van der Waals surface area contributed by atoms with E-state index in [-0.39, 0.29) is 28.1 Å². The summed E-state index contributed by atoms with van der Waals surface area (Å²) in [5.41, 5.74) is 0.604. The first-order valence-electron chi connectivity index (χ1n) is 10.5. The fraction of sp³-hybridized carbons (Fsp3) is 0.476. The van der Waals surface area contributed by atoms with Crippen LogP contribution in [0.25, 0.3) is 0 Å².